The van der Waals surface area contributed by atoms with Crippen LogP contribution in [0.2, 0.25) is 0 Å². The van der Waals surface area contributed by atoms with Crippen molar-refractivity contribution in [2.24, 2.45) is 5.73 Å². The van der Waals surface area contributed by atoms with E-state index in [9.17, 15) is 4.39 Å². The summed E-state index contributed by atoms with van der Waals surface area (Å²) in [5.74, 6) is 0.0506. The largest absolute Gasteiger partial charge is 0.455 e. The van der Waals surface area contributed by atoms with E-state index in [1.807, 2.05) is 0 Å². The highest BCUT2D eigenvalue weighted by molar-refractivity contribution is 9.10. The average molecular weight is 310 g/mol. The Bertz CT molecular complexity index is 604. The van der Waals surface area contributed by atoms with E-state index >= 15 is 0 Å². The van der Waals surface area contributed by atoms with Crippen molar-refractivity contribution in [3.05, 3.63) is 52.5 Å². The summed E-state index contributed by atoms with van der Waals surface area (Å²) in [5.41, 5.74) is 5.58. The van der Waals surface area contributed by atoms with E-state index in [0.717, 1.165) is 10.5 Å². The van der Waals surface area contributed by atoms with Crippen LogP contribution in [0.4, 0.5) is 4.39 Å². The Kier molecular flexibility index (Phi) is 3.57. The molecule has 0 amide bonds. The molecule has 0 spiro atoms. The van der Waals surface area contributed by atoms with Gasteiger partial charge in [-0.05, 0) is 40.2 Å². The highest BCUT2D eigenvalue weighted by Gasteiger charge is 2.09. The molecule has 2 rings (SSSR count). The standard InChI is InChI=1S/C12H9BrFN3O/c13-7-3-9(6-17-5-7)18-11-2-1-8(14)4-10(11)12(15)16/h1-6H,(H3,15,16). The fraction of sp³-hybridized carbons (Fsp3) is 0. The molecular formula is C12H9BrFN3O. The molecule has 1 heterocycles. The summed E-state index contributed by atoms with van der Waals surface area (Å²) in [6, 6.07) is 5.53. The lowest BCUT2D eigenvalue weighted by Crippen LogP contribution is -2.12. The van der Waals surface area contributed by atoms with Gasteiger partial charge in [0.05, 0.1) is 11.8 Å². The van der Waals surface area contributed by atoms with Crippen LogP contribution in [0.5, 0.6) is 11.5 Å². The first kappa shape index (κ1) is 12.5. The molecule has 0 radical (unpaired) electrons. The molecule has 0 aliphatic heterocycles. The minimum Gasteiger partial charge on any atom is -0.455 e. The van der Waals surface area contributed by atoms with Gasteiger partial charge in [0.2, 0.25) is 0 Å². The van der Waals surface area contributed by atoms with E-state index in [1.165, 1.54) is 18.3 Å². The third kappa shape index (κ3) is 2.84. The van der Waals surface area contributed by atoms with E-state index in [4.69, 9.17) is 15.9 Å². The number of pyridine rings is 1. The normalized spacial score (nSPS) is 10.1. The molecule has 0 atom stereocenters. The van der Waals surface area contributed by atoms with Crippen molar-refractivity contribution in [1.29, 1.82) is 5.41 Å². The fourth-order valence-electron chi connectivity index (χ4n) is 1.38. The Balaban J connectivity index is 2.37. The quantitative estimate of drug-likeness (QED) is 0.676. The number of rotatable bonds is 3. The second-order valence-electron chi connectivity index (χ2n) is 3.50. The summed E-state index contributed by atoms with van der Waals surface area (Å²) in [6.45, 7) is 0. The number of hydrogen-bond donors (Lipinski definition) is 2. The summed E-state index contributed by atoms with van der Waals surface area (Å²) in [7, 11) is 0. The zero-order valence-corrected chi connectivity index (χ0v) is 10.7. The van der Waals surface area contributed by atoms with Crippen LogP contribution in [-0.2, 0) is 0 Å². The number of nitrogen functional groups attached to an aromatic ring is 1. The number of ether oxygens (including phenoxy) is 1. The lowest BCUT2D eigenvalue weighted by atomic mass is 10.2. The van der Waals surface area contributed by atoms with Gasteiger partial charge < -0.3 is 10.5 Å². The minimum absolute atomic E-state index is 0.204. The van der Waals surface area contributed by atoms with Crippen LogP contribution in [0.25, 0.3) is 0 Å². The van der Waals surface area contributed by atoms with Gasteiger partial charge in [0.15, 0.2) is 0 Å². The molecule has 0 bridgehead atoms. The number of halogens is 2. The Labute approximate surface area is 111 Å². The van der Waals surface area contributed by atoms with Crippen LogP contribution < -0.4 is 10.5 Å². The van der Waals surface area contributed by atoms with Gasteiger partial charge in [-0.1, -0.05) is 0 Å². The molecular weight excluding hydrogens is 301 g/mol. The maximum atomic E-state index is 13.1. The number of amidine groups is 1. The summed E-state index contributed by atoms with van der Waals surface area (Å²) in [6.07, 6.45) is 3.13. The molecule has 0 saturated carbocycles. The molecule has 1 aromatic heterocycles. The maximum absolute atomic E-state index is 13.1. The molecule has 0 fully saturated rings. The molecule has 0 aliphatic carbocycles. The van der Waals surface area contributed by atoms with Crippen LogP contribution >= 0.6 is 15.9 Å². The van der Waals surface area contributed by atoms with Crippen molar-refractivity contribution >= 4 is 21.8 Å². The highest BCUT2D eigenvalue weighted by Crippen LogP contribution is 2.26. The SMILES string of the molecule is N=C(N)c1cc(F)ccc1Oc1cncc(Br)c1. The molecule has 18 heavy (non-hydrogen) atoms. The van der Waals surface area contributed by atoms with Gasteiger partial charge in [0.25, 0.3) is 0 Å². The molecule has 4 nitrogen and oxygen atoms in total. The van der Waals surface area contributed by atoms with Crippen molar-refractivity contribution in [3.63, 3.8) is 0 Å². The first-order chi connectivity index (χ1) is 8.56. The first-order valence-corrected chi connectivity index (χ1v) is 5.78. The van der Waals surface area contributed by atoms with E-state index in [-0.39, 0.29) is 11.4 Å². The Hall–Kier alpha value is -1.95. The molecule has 0 aliphatic rings. The first-order valence-electron chi connectivity index (χ1n) is 4.98. The topological polar surface area (TPSA) is 72.0 Å². The lowest BCUT2D eigenvalue weighted by molar-refractivity contribution is 0.476. The van der Waals surface area contributed by atoms with E-state index in [1.54, 1.807) is 12.3 Å². The zero-order valence-electron chi connectivity index (χ0n) is 9.15. The molecule has 92 valence electrons. The second kappa shape index (κ2) is 5.14. The van der Waals surface area contributed by atoms with Gasteiger partial charge in [0, 0.05) is 10.7 Å². The maximum Gasteiger partial charge on any atom is 0.146 e. The van der Waals surface area contributed by atoms with E-state index in [0.29, 0.717) is 11.5 Å². The van der Waals surface area contributed by atoms with Crippen LogP contribution in [0, 0.1) is 11.2 Å². The third-order valence-electron chi connectivity index (χ3n) is 2.14. The van der Waals surface area contributed by atoms with Crippen molar-refractivity contribution in [2.75, 3.05) is 0 Å². The summed E-state index contributed by atoms with van der Waals surface area (Å²) in [4.78, 5) is 3.94. The van der Waals surface area contributed by atoms with Gasteiger partial charge in [0.1, 0.15) is 23.2 Å². The van der Waals surface area contributed by atoms with Crippen molar-refractivity contribution < 1.29 is 9.13 Å². The second-order valence-corrected chi connectivity index (χ2v) is 4.41. The predicted molar refractivity (Wildman–Crippen MR) is 69.4 cm³/mol. The Morgan fingerprint density at radius 3 is 2.78 bits per heavy atom. The van der Waals surface area contributed by atoms with Crippen LogP contribution in [0.1, 0.15) is 5.56 Å². The number of aromatic nitrogens is 1. The smallest absolute Gasteiger partial charge is 0.146 e. The van der Waals surface area contributed by atoms with Crippen LogP contribution in [-0.4, -0.2) is 10.8 Å². The third-order valence-corrected chi connectivity index (χ3v) is 2.57. The molecule has 1 aromatic carbocycles. The van der Waals surface area contributed by atoms with Gasteiger partial charge in [-0.2, -0.15) is 0 Å². The van der Waals surface area contributed by atoms with Crippen molar-refractivity contribution in [2.45, 2.75) is 0 Å². The molecule has 3 N–H and O–H groups in total. The monoisotopic (exact) mass is 309 g/mol. The van der Waals surface area contributed by atoms with E-state index in [2.05, 4.69) is 20.9 Å². The highest BCUT2D eigenvalue weighted by atomic mass is 79.9. The number of nitrogens with zero attached hydrogens (tertiary/aromatic N) is 1. The average Bonchev–Trinajstić information content (AvgIpc) is 2.31. The summed E-state index contributed by atoms with van der Waals surface area (Å²) in [5, 5.41) is 7.39. The van der Waals surface area contributed by atoms with E-state index < -0.39 is 5.82 Å². The van der Waals surface area contributed by atoms with Crippen LogP contribution in [0.15, 0.2) is 41.1 Å². The van der Waals surface area contributed by atoms with Gasteiger partial charge in [-0.25, -0.2) is 4.39 Å². The Morgan fingerprint density at radius 1 is 1.33 bits per heavy atom. The van der Waals surface area contributed by atoms with Crippen molar-refractivity contribution in [3.8, 4) is 11.5 Å². The molecule has 2 aromatic rings. The molecule has 0 unspecified atom stereocenters. The summed E-state index contributed by atoms with van der Waals surface area (Å²) < 4.78 is 19.4. The molecule has 0 saturated heterocycles. The van der Waals surface area contributed by atoms with Gasteiger partial charge in [-0.3, -0.25) is 10.4 Å². The number of nitrogens with two attached hydrogens (primary N) is 1. The molecule has 6 heteroatoms. The zero-order chi connectivity index (χ0) is 13.1. The fourth-order valence-corrected chi connectivity index (χ4v) is 1.72. The van der Waals surface area contributed by atoms with Gasteiger partial charge in [-0.15, -0.1) is 0 Å². The lowest BCUT2D eigenvalue weighted by Gasteiger charge is -2.10. The van der Waals surface area contributed by atoms with Gasteiger partial charge >= 0.3 is 0 Å². The Morgan fingerprint density at radius 2 is 2.11 bits per heavy atom. The predicted octanol–water partition coefficient (Wildman–Crippen LogP) is 3.06. The summed E-state index contributed by atoms with van der Waals surface area (Å²) >= 11 is 3.27. The number of benzene rings is 1. The van der Waals surface area contributed by atoms with Crippen LogP contribution in [0.3, 0.4) is 0 Å². The number of hydrogen-bond acceptors (Lipinski definition) is 3. The van der Waals surface area contributed by atoms with Crippen molar-refractivity contribution in [1.82, 2.24) is 4.98 Å². The minimum atomic E-state index is -0.472. The number of nitrogens with one attached hydrogen (secondary N) is 1.